The summed E-state index contributed by atoms with van der Waals surface area (Å²) in [5, 5.41) is 5.71. The fourth-order valence-electron chi connectivity index (χ4n) is 1.86. The molecule has 1 saturated heterocycles. The maximum Gasteiger partial charge on any atom is 0.104 e. The van der Waals surface area contributed by atoms with E-state index in [0.717, 1.165) is 19.6 Å². The molecule has 0 aliphatic carbocycles. The van der Waals surface area contributed by atoms with Gasteiger partial charge in [-0.05, 0) is 44.2 Å². The van der Waals surface area contributed by atoms with Crippen molar-refractivity contribution in [2.45, 2.75) is 38.8 Å². The van der Waals surface area contributed by atoms with E-state index < -0.39 is 0 Å². The van der Waals surface area contributed by atoms with Crippen molar-refractivity contribution in [3.63, 3.8) is 0 Å². The van der Waals surface area contributed by atoms with Crippen LogP contribution in [0, 0.1) is 6.92 Å². The lowest BCUT2D eigenvalue weighted by Crippen LogP contribution is -2.39. The van der Waals surface area contributed by atoms with Gasteiger partial charge in [0.05, 0.1) is 0 Å². The molecule has 2 rings (SSSR count). The lowest BCUT2D eigenvalue weighted by molar-refractivity contribution is 0.0677. The van der Waals surface area contributed by atoms with E-state index in [1.165, 1.54) is 10.4 Å². The summed E-state index contributed by atoms with van der Waals surface area (Å²) < 4.78 is 5.91. The molecule has 2 heterocycles. The number of aryl methyl sites for hydroxylation is 1. The third kappa shape index (κ3) is 2.60. The van der Waals surface area contributed by atoms with Gasteiger partial charge in [-0.2, -0.15) is 0 Å². The molecule has 1 atom stereocenters. The Morgan fingerprint density at radius 1 is 1.53 bits per heavy atom. The number of hydrogen-bond acceptors (Lipinski definition) is 3. The molecular weight excluding hydrogens is 206 g/mol. The van der Waals surface area contributed by atoms with Crippen LogP contribution in [0.2, 0.25) is 0 Å². The predicted octanol–water partition coefficient (Wildman–Crippen LogP) is 2.89. The molecule has 0 saturated carbocycles. The molecule has 0 amide bonds. The normalized spacial score (nSPS) is 26.2. The number of thiophene rings is 1. The smallest absolute Gasteiger partial charge is 0.104 e. The van der Waals surface area contributed by atoms with Gasteiger partial charge in [0.25, 0.3) is 0 Å². The van der Waals surface area contributed by atoms with Gasteiger partial charge in [-0.15, -0.1) is 11.3 Å². The lowest BCUT2D eigenvalue weighted by atomic mass is 10.0. The summed E-state index contributed by atoms with van der Waals surface area (Å²) in [6.07, 6.45) is 1.32. The minimum absolute atomic E-state index is 0.208. The van der Waals surface area contributed by atoms with E-state index in [0.29, 0.717) is 0 Å². The van der Waals surface area contributed by atoms with Crippen LogP contribution in [0.5, 0.6) is 0 Å². The van der Waals surface area contributed by atoms with Gasteiger partial charge in [-0.25, -0.2) is 0 Å². The largest absolute Gasteiger partial charge is 0.371 e. The second-order valence-electron chi connectivity index (χ2n) is 4.84. The standard InChI is InChI=1S/C12H19NOS/c1-9-4-7-15-11(9)10-8-13-12(2,3)5-6-14-10/h4,7,10,13H,5-6,8H2,1-3H3. The van der Waals surface area contributed by atoms with Crippen LogP contribution in [-0.2, 0) is 4.74 Å². The second kappa shape index (κ2) is 4.24. The van der Waals surface area contributed by atoms with Crippen LogP contribution in [0.4, 0.5) is 0 Å². The molecule has 0 spiro atoms. The summed E-state index contributed by atoms with van der Waals surface area (Å²) in [6.45, 7) is 8.40. The Balaban J connectivity index is 2.09. The third-order valence-corrected chi connectivity index (χ3v) is 4.12. The van der Waals surface area contributed by atoms with Crippen molar-refractivity contribution < 1.29 is 4.74 Å². The molecule has 1 aliphatic rings. The molecule has 1 N–H and O–H groups in total. The van der Waals surface area contributed by atoms with E-state index in [4.69, 9.17) is 4.74 Å². The molecular formula is C12H19NOS. The summed E-state index contributed by atoms with van der Waals surface area (Å²) in [6, 6.07) is 2.17. The Morgan fingerprint density at radius 2 is 2.33 bits per heavy atom. The van der Waals surface area contributed by atoms with E-state index in [9.17, 15) is 0 Å². The molecule has 0 aromatic carbocycles. The van der Waals surface area contributed by atoms with E-state index >= 15 is 0 Å². The fraction of sp³-hybridized carbons (Fsp3) is 0.667. The fourth-order valence-corrected chi connectivity index (χ4v) is 2.83. The van der Waals surface area contributed by atoms with Crippen molar-refractivity contribution in [2.24, 2.45) is 0 Å². The minimum Gasteiger partial charge on any atom is -0.371 e. The van der Waals surface area contributed by atoms with Gasteiger partial charge in [0, 0.05) is 23.6 Å². The first-order chi connectivity index (χ1) is 7.08. The monoisotopic (exact) mass is 225 g/mol. The minimum atomic E-state index is 0.208. The molecule has 84 valence electrons. The number of hydrogen-bond donors (Lipinski definition) is 1. The maximum atomic E-state index is 5.91. The molecule has 1 aliphatic heterocycles. The number of nitrogens with one attached hydrogen (secondary N) is 1. The van der Waals surface area contributed by atoms with Crippen LogP contribution >= 0.6 is 11.3 Å². The molecule has 3 heteroatoms. The SMILES string of the molecule is Cc1ccsc1C1CNC(C)(C)CCO1. The predicted molar refractivity (Wildman–Crippen MR) is 64.4 cm³/mol. The second-order valence-corrected chi connectivity index (χ2v) is 5.79. The van der Waals surface area contributed by atoms with Gasteiger partial charge in [0.2, 0.25) is 0 Å². The Kier molecular flexibility index (Phi) is 3.14. The van der Waals surface area contributed by atoms with Crippen LogP contribution in [-0.4, -0.2) is 18.7 Å². The van der Waals surface area contributed by atoms with Gasteiger partial charge in [0.15, 0.2) is 0 Å². The highest BCUT2D eigenvalue weighted by atomic mass is 32.1. The zero-order valence-electron chi connectivity index (χ0n) is 9.67. The zero-order valence-corrected chi connectivity index (χ0v) is 10.5. The van der Waals surface area contributed by atoms with Gasteiger partial charge in [0.1, 0.15) is 6.10 Å². The Bertz CT molecular complexity index is 332. The lowest BCUT2D eigenvalue weighted by Gasteiger charge is -2.23. The summed E-state index contributed by atoms with van der Waals surface area (Å²) in [5.41, 5.74) is 1.56. The maximum absolute atomic E-state index is 5.91. The van der Waals surface area contributed by atoms with Crippen LogP contribution < -0.4 is 5.32 Å². The molecule has 15 heavy (non-hydrogen) atoms. The van der Waals surface area contributed by atoms with E-state index in [1.54, 1.807) is 11.3 Å². The van der Waals surface area contributed by atoms with Gasteiger partial charge < -0.3 is 10.1 Å². The topological polar surface area (TPSA) is 21.3 Å². The Hall–Kier alpha value is -0.380. The van der Waals surface area contributed by atoms with Crippen molar-refractivity contribution in [3.05, 3.63) is 21.9 Å². The summed E-state index contributed by atoms with van der Waals surface area (Å²) >= 11 is 1.80. The van der Waals surface area contributed by atoms with Crippen molar-refractivity contribution in [2.75, 3.05) is 13.2 Å². The highest BCUT2D eigenvalue weighted by Crippen LogP contribution is 2.29. The highest BCUT2D eigenvalue weighted by molar-refractivity contribution is 7.10. The first-order valence-corrected chi connectivity index (χ1v) is 6.37. The molecule has 2 nitrogen and oxygen atoms in total. The van der Waals surface area contributed by atoms with Gasteiger partial charge >= 0.3 is 0 Å². The van der Waals surface area contributed by atoms with Crippen molar-refractivity contribution in [1.29, 1.82) is 0 Å². The molecule has 1 fully saturated rings. The summed E-state index contributed by atoms with van der Waals surface area (Å²) in [4.78, 5) is 1.38. The molecule has 0 radical (unpaired) electrons. The van der Waals surface area contributed by atoms with E-state index in [2.05, 4.69) is 37.5 Å². The first-order valence-electron chi connectivity index (χ1n) is 5.49. The molecule has 0 bridgehead atoms. The first kappa shape index (κ1) is 11.1. The number of rotatable bonds is 1. The van der Waals surface area contributed by atoms with Gasteiger partial charge in [-0.1, -0.05) is 0 Å². The molecule has 1 unspecified atom stereocenters. The van der Waals surface area contributed by atoms with Crippen LogP contribution in [0.15, 0.2) is 11.4 Å². The zero-order chi connectivity index (χ0) is 10.9. The Morgan fingerprint density at radius 3 is 3.00 bits per heavy atom. The average Bonchev–Trinajstić information content (AvgIpc) is 2.49. The molecule has 1 aromatic heterocycles. The van der Waals surface area contributed by atoms with Crippen LogP contribution in [0.3, 0.4) is 0 Å². The third-order valence-electron chi connectivity index (χ3n) is 3.01. The van der Waals surface area contributed by atoms with E-state index in [1.807, 2.05) is 0 Å². The van der Waals surface area contributed by atoms with Gasteiger partial charge in [-0.3, -0.25) is 0 Å². The Labute approximate surface area is 95.6 Å². The molecule has 1 aromatic rings. The highest BCUT2D eigenvalue weighted by Gasteiger charge is 2.25. The van der Waals surface area contributed by atoms with Crippen LogP contribution in [0.25, 0.3) is 0 Å². The summed E-state index contributed by atoms with van der Waals surface area (Å²) in [7, 11) is 0. The van der Waals surface area contributed by atoms with E-state index in [-0.39, 0.29) is 11.6 Å². The van der Waals surface area contributed by atoms with Crippen molar-refractivity contribution in [3.8, 4) is 0 Å². The average molecular weight is 225 g/mol. The van der Waals surface area contributed by atoms with Crippen molar-refractivity contribution >= 4 is 11.3 Å². The summed E-state index contributed by atoms with van der Waals surface area (Å²) in [5.74, 6) is 0. The van der Waals surface area contributed by atoms with Crippen molar-refractivity contribution in [1.82, 2.24) is 5.32 Å². The quantitative estimate of drug-likeness (QED) is 0.793. The van der Waals surface area contributed by atoms with Crippen LogP contribution in [0.1, 0.15) is 36.8 Å². The number of ether oxygens (including phenoxy) is 1.